The number of piperazine rings is 1. The van der Waals surface area contributed by atoms with Crippen molar-refractivity contribution in [2.45, 2.75) is 45.2 Å². The Labute approximate surface area is 123 Å². The molecule has 0 unspecified atom stereocenters. The van der Waals surface area contributed by atoms with Crippen LogP contribution in [0, 0.1) is 0 Å². The summed E-state index contributed by atoms with van der Waals surface area (Å²) in [6.07, 6.45) is 3.31. The molecular formula is C13H21N5OS. The van der Waals surface area contributed by atoms with Gasteiger partial charge in [0.2, 0.25) is 5.13 Å². The van der Waals surface area contributed by atoms with Crippen LogP contribution < -0.4 is 5.32 Å². The van der Waals surface area contributed by atoms with Crippen molar-refractivity contribution in [3.05, 3.63) is 5.01 Å². The SMILES string of the molecule is CCc1nnc(NC(=O)N2C[C@@H]3CCCN3C[C@@H]2C)s1. The third-order valence-electron chi connectivity index (χ3n) is 4.18. The molecule has 0 saturated carbocycles. The van der Waals surface area contributed by atoms with Gasteiger partial charge in [0.05, 0.1) is 0 Å². The number of hydrogen-bond acceptors (Lipinski definition) is 5. The smallest absolute Gasteiger partial charge is 0.319 e. The average Bonchev–Trinajstić information content (AvgIpc) is 3.05. The molecule has 110 valence electrons. The van der Waals surface area contributed by atoms with Crippen LogP contribution in [0.15, 0.2) is 0 Å². The highest BCUT2D eigenvalue weighted by Crippen LogP contribution is 2.25. The van der Waals surface area contributed by atoms with E-state index in [1.165, 1.54) is 30.7 Å². The van der Waals surface area contributed by atoms with Gasteiger partial charge in [-0.05, 0) is 32.7 Å². The summed E-state index contributed by atoms with van der Waals surface area (Å²) >= 11 is 1.45. The molecule has 2 amide bonds. The third-order valence-corrected chi connectivity index (χ3v) is 5.16. The van der Waals surface area contributed by atoms with Gasteiger partial charge in [0.1, 0.15) is 5.01 Å². The zero-order valence-corrected chi connectivity index (χ0v) is 12.8. The molecule has 3 heterocycles. The number of rotatable bonds is 2. The first kappa shape index (κ1) is 13.8. The molecule has 2 atom stereocenters. The second-order valence-corrected chi connectivity index (χ2v) is 6.64. The number of carbonyl (C=O) groups is 1. The fourth-order valence-electron chi connectivity index (χ4n) is 3.08. The van der Waals surface area contributed by atoms with Gasteiger partial charge in [-0.2, -0.15) is 0 Å². The minimum atomic E-state index is -0.0390. The number of amides is 2. The second kappa shape index (κ2) is 5.65. The molecule has 2 saturated heterocycles. The topological polar surface area (TPSA) is 61.4 Å². The molecule has 0 spiro atoms. The van der Waals surface area contributed by atoms with E-state index in [-0.39, 0.29) is 12.1 Å². The minimum absolute atomic E-state index is 0.0390. The van der Waals surface area contributed by atoms with Gasteiger partial charge in [-0.1, -0.05) is 18.3 Å². The second-order valence-electron chi connectivity index (χ2n) is 5.58. The lowest BCUT2D eigenvalue weighted by Crippen LogP contribution is -2.57. The van der Waals surface area contributed by atoms with Crippen LogP contribution in [0.1, 0.15) is 31.7 Å². The number of carbonyl (C=O) groups excluding carboxylic acids is 1. The minimum Gasteiger partial charge on any atom is -0.319 e. The summed E-state index contributed by atoms with van der Waals surface area (Å²) < 4.78 is 0. The normalized spacial score (nSPS) is 26.6. The molecule has 0 aliphatic carbocycles. The number of anilines is 1. The van der Waals surface area contributed by atoms with Crippen LogP contribution in [0.3, 0.4) is 0 Å². The highest BCUT2D eigenvalue weighted by atomic mass is 32.1. The number of aromatic nitrogens is 2. The van der Waals surface area contributed by atoms with Gasteiger partial charge < -0.3 is 4.90 Å². The zero-order valence-electron chi connectivity index (χ0n) is 12.0. The van der Waals surface area contributed by atoms with Crippen LogP contribution >= 0.6 is 11.3 Å². The average molecular weight is 295 g/mol. The third kappa shape index (κ3) is 2.64. The summed E-state index contributed by atoms with van der Waals surface area (Å²) in [7, 11) is 0. The van der Waals surface area contributed by atoms with Gasteiger partial charge in [0.15, 0.2) is 0 Å². The Balaban J connectivity index is 1.64. The van der Waals surface area contributed by atoms with Crippen LogP contribution in [0.2, 0.25) is 0 Å². The van der Waals surface area contributed by atoms with E-state index in [1.807, 2.05) is 11.8 Å². The van der Waals surface area contributed by atoms with Crippen molar-refractivity contribution in [3.63, 3.8) is 0 Å². The van der Waals surface area contributed by atoms with E-state index >= 15 is 0 Å². The summed E-state index contributed by atoms with van der Waals surface area (Å²) in [6.45, 7) is 7.14. The lowest BCUT2D eigenvalue weighted by atomic mass is 10.1. The first-order chi connectivity index (χ1) is 9.67. The van der Waals surface area contributed by atoms with Crippen LogP contribution in [-0.2, 0) is 6.42 Å². The zero-order chi connectivity index (χ0) is 14.1. The Kier molecular flexibility index (Phi) is 3.89. The molecule has 2 aliphatic rings. The number of fused-ring (bicyclic) bond motifs is 1. The number of nitrogens with one attached hydrogen (secondary N) is 1. The van der Waals surface area contributed by atoms with Crippen LogP contribution in [0.4, 0.5) is 9.93 Å². The van der Waals surface area contributed by atoms with Gasteiger partial charge in [-0.3, -0.25) is 10.2 Å². The summed E-state index contributed by atoms with van der Waals surface area (Å²) in [5, 5.41) is 12.5. The predicted molar refractivity (Wildman–Crippen MR) is 79.1 cm³/mol. The molecule has 7 heteroatoms. The molecule has 0 radical (unpaired) electrons. The summed E-state index contributed by atoms with van der Waals surface area (Å²) in [5.41, 5.74) is 0. The fourth-order valence-corrected chi connectivity index (χ4v) is 3.75. The quantitative estimate of drug-likeness (QED) is 0.904. The highest BCUT2D eigenvalue weighted by molar-refractivity contribution is 7.15. The van der Waals surface area contributed by atoms with Crippen molar-refractivity contribution < 1.29 is 4.79 Å². The number of aryl methyl sites for hydroxylation is 1. The molecule has 0 bridgehead atoms. The molecule has 2 fully saturated rings. The number of urea groups is 1. The molecule has 0 aromatic carbocycles. The number of nitrogens with zero attached hydrogens (tertiary/aromatic N) is 4. The van der Waals surface area contributed by atoms with Crippen molar-refractivity contribution in [2.24, 2.45) is 0 Å². The van der Waals surface area contributed by atoms with Gasteiger partial charge >= 0.3 is 6.03 Å². The van der Waals surface area contributed by atoms with E-state index in [0.29, 0.717) is 11.2 Å². The Morgan fingerprint density at radius 1 is 1.45 bits per heavy atom. The predicted octanol–water partition coefficient (Wildman–Crippen LogP) is 1.80. The molecular weight excluding hydrogens is 274 g/mol. The van der Waals surface area contributed by atoms with Crippen LogP contribution in [0.5, 0.6) is 0 Å². The lowest BCUT2D eigenvalue weighted by molar-refractivity contribution is 0.0861. The Morgan fingerprint density at radius 2 is 2.30 bits per heavy atom. The van der Waals surface area contributed by atoms with Gasteiger partial charge in [0.25, 0.3) is 0 Å². The van der Waals surface area contributed by atoms with Gasteiger partial charge in [0, 0.05) is 25.2 Å². The van der Waals surface area contributed by atoms with Crippen LogP contribution in [-0.4, -0.2) is 57.7 Å². The van der Waals surface area contributed by atoms with Crippen molar-refractivity contribution >= 4 is 22.5 Å². The molecule has 1 N–H and O–H groups in total. The van der Waals surface area contributed by atoms with E-state index in [9.17, 15) is 4.79 Å². The summed E-state index contributed by atoms with van der Waals surface area (Å²) in [4.78, 5) is 16.9. The Morgan fingerprint density at radius 3 is 3.05 bits per heavy atom. The van der Waals surface area contributed by atoms with Crippen molar-refractivity contribution in [1.82, 2.24) is 20.0 Å². The lowest BCUT2D eigenvalue weighted by Gasteiger charge is -2.41. The molecule has 3 rings (SSSR count). The molecule has 20 heavy (non-hydrogen) atoms. The van der Waals surface area contributed by atoms with Crippen molar-refractivity contribution in [3.8, 4) is 0 Å². The standard InChI is InChI=1S/C13H21N5OS/c1-3-11-15-16-12(20-11)14-13(19)18-8-10-5-4-6-17(10)7-9(18)2/h9-10H,3-8H2,1-2H3,(H,14,16,19)/t9-,10-/m0/s1. The van der Waals surface area contributed by atoms with Gasteiger partial charge in [-0.15, -0.1) is 10.2 Å². The van der Waals surface area contributed by atoms with E-state index in [0.717, 1.165) is 24.5 Å². The van der Waals surface area contributed by atoms with Crippen LogP contribution in [0.25, 0.3) is 0 Å². The van der Waals surface area contributed by atoms with E-state index in [2.05, 4.69) is 27.3 Å². The molecule has 2 aliphatic heterocycles. The van der Waals surface area contributed by atoms with Gasteiger partial charge in [-0.25, -0.2) is 4.79 Å². The van der Waals surface area contributed by atoms with E-state index in [1.54, 1.807) is 0 Å². The summed E-state index contributed by atoms with van der Waals surface area (Å²) in [5.74, 6) is 0. The maximum atomic E-state index is 12.4. The largest absolute Gasteiger partial charge is 0.324 e. The first-order valence-electron chi connectivity index (χ1n) is 7.31. The Hall–Kier alpha value is -1.21. The van der Waals surface area contributed by atoms with E-state index in [4.69, 9.17) is 0 Å². The molecule has 1 aromatic rings. The molecule has 6 nitrogen and oxygen atoms in total. The van der Waals surface area contributed by atoms with E-state index < -0.39 is 0 Å². The molecule has 1 aromatic heterocycles. The first-order valence-corrected chi connectivity index (χ1v) is 8.13. The van der Waals surface area contributed by atoms with Crippen molar-refractivity contribution in [1.29, 1.82) is 0 Å². The maximum absolute atomic E-state index is 12.4. The Bertz CT molecular complexity index is 491. The number of hydrogen-bond donors (Lipinski definition) is 1. The monoisotopic (exact) mass is 295 g/mol. The van der Waals surface area contributed by atoms with Crippen molar-refractivity contribution in [2.75, 3.05) is 25.0 Å². The fraction of sp³-hybridized carbons (Fsp3) is 0.769. The summed E-state index contributed by atoms with van der Waals surface area (Å²) in [6, 6.07) is 0.753. The maximum Gasteiger partial charge on any atom is 0.324 e. The highest BCUT2D eigenvalue weighted by Gasteiger charge is 2.36.